The van der Waals surface area contributed by atoms with Crippen LogP contribution in [0.2, 0.25) is 5.02 Å². The van der Waals surface area contributed by atoms with Gasteiger partial charge in [0.15, 0.2) is 5.82 Å². The number of halogens is 1. The van der Waals surface area contributed by atoms with Gasteiger partial charge in [-0.2, -0.15) is 15.2 Å². The van der Waals surface area contributed by atoms with Gasteiger partial charge in [0, 0.05) is 125 Å². The number of pyridine rings is 1. The van der Waals surface area contributed by atoms with Gasteiger partial charge in [-0.25, -0.2) is 15.0 Å². The molecule has 9 rings (SSSR count). The van der Waals surface area contributed by atoms with Crippen LogP contribution in [0.5, 0.6) is 11.9 Å². The number of aromatic nitrogens is 5. The van der Waals surface area contributed by atoms with Gasteiger partial charge in [0.25, 0.3) is 0 Å². The number of piperazine rings is 1. The number of aliphatic hydroxyl groups excluding tert-OH is 1. The lowest BCUT2D eigenvalue weighted by molar-refractivity contribution is -0.128. The Bertz CT molecular complexity index is 3240. The minimum Gasteiger partial charge on any atom is -0.475 e. The van der Waals surface area contributed by atoms with Gasteiger partial charge in [0.2, 0.25) is 11.8 Å². The summed E-state index contributed by atoms with van der Waals surface area (Å²) in [5.74, 6) is 3.38. The Balaban J connectivity index is 0.0000116. The van der Waals surface area contributed by atoms with Crippen LogP contribution in [-0.4, -0.2) is 234 Å². The first kappa shape index (κ1) is 71.3. The van der Waals surface area contributed by atoms with Crippen molar-refractivity contribution < 1.29 is 49.2 Å². The monoisotopic (exact) mass is 1320 g/mol. The average molecular weight is 1320 g/mol. The standard InChI is InChI=1S/C69H97ClN14O10.H2/c1-4-53(46-72)67-76-62(45-63(77-67)83-26-6-5-13-55(83)22-31-85)73-47-52-18-19-64(74-48-52)93-44-43-92-42-41-91-40-39-90-38-37-89-36-35-88-34-33-87-32-30-79(2)24-10-17-65(86)84-29-28-82(49-56(84)20-23-71)68-58-21-27-81(61-16-8-12-54-11-7-15-59(70)66(54)61)50-60(58)75-69(78-68)94-51-57-14-9-25-80(57)3;/h7-8,10-12,15-19,45-46,48,55-57,85H,4-6,9,13-14,20-22,24-44,47,49-51,72H2,1-3H3,(H,73,76,77);1H/b17-10+,53-46-;. The van der Waals surface area contributed by atoms with E-state index in [2.05, 4.69) is 72.2 Å². The third-order valence-corrected chi connectivity index (χ3v) is 17.8. The number of nitrogens with one attached hydrogen (secondary N) is 1. The van der Waals surface area contributed by atoms with Crippen LogP contribution in [0.1, 0.15) is 82.4 Å². The van der Waals surface area contributed by atoms with E-state index < -0.39 is 0 Å². The number of likely N-dealkylation sites (N-methyl/N-ethyl adjacent to an activating group) is 2. The number of carbonyl (C=O) groups excluding carboxylic acids is 1. The molecule has 512 valence electrons. The predicted octanol–water partition coefficient (Wildman–Crippen LogP) is 7.41. The van der Waals surface area contributed by atoms with E-state index in [1.54, 1.807) is 18.5 Å². The summed E-state index contributed by atoms with van der Waals surface area (Å²) in [5, 5.41) is 26.0. The molecule has 1 amide bonds. The Kier molecular flexibility index (Phi) is 29.2. The third kappa shape index (κ3) is 21.2. The summed E-state index contributed by atoms with van der Waals surface area (Å²) in [6.45, 7) is 15.0. The molecule has 24 nitrogen and oxygen atoms in total. The number of allylic oxidation sites excluding steroid dienone is 1. The summed E-state index contributed by atoms with van der Waals surface area (Å²) in [5.41, 5.74) is 10.9. The van der Waals surface area contributed by atoms with E-state index in [0.29, 0.717) is 181 Å². The van der Waals surface area contributed by atoms with Crippen LogP contribution in [-0.2, 0) is 52.7 Å². The van der Waals surface area contributed by atoms with Crippen LogP contribution in [0.4, 0.5) is 23.1 Å². The van der Waals surface area contributed by atoms with Crippen molar-refractivity contribution in [1.82, 2.24) is 39.6 Å². The first-order valence-electron chi connectivity index (χ1n) is 33.5. The summed E-state index contributed by atoms with van der Waals surface area (Å²) in [4.78, 5) is 51.1. The molecule has 4 N–H and O–H groups in total. The quantitative estimate of drug-likeness (QED) is 0.0256. The molecule has 3 saturated heterocycles. The fraction of sp³-hybridized carbons (Fsp3) is 0.580. The maximum absolute atomic E-state index is 13.7. The molecule has 3 unspecified atom stereocenters. The zero-order chi connectivity index (χ0) is 65.7. The number of piperidine rings is 1. The highest BCUT2D eigenvalue weighted by Gasteiger charge is 2.34. The van der Waals surface area contributed by atoms with E-state index in [9.17, 15) is 15.2 Å². The molecule has 0 radical (unpaired) electrons. The zero-order valence-corrected chi connectivity index (χ0v) is 56.0. The lowest BCUT2D eigenvalue weighted by atomic mass is 9.99. The van der Waals surface area contributed by atoms with Crippen molar-refractivity contribution in [3.05, 3.63) is 107 Å². The molecule has 0 bridgehead atoms. The Hall–Kier alpha value is -7.02. The van der Waals surface area contributed by atoms with Gasteiger partial charge in [-0.15, -0.1) is 0 Å². The van der Waals surface area contributed by atoms with Crippen molar-refractivity contribution in [3.63, 3.8) is 0 Å². The van der Waals surface area contributed by atoms with Gasteiger partial charge in [0.1, 0.15) is 30.7 Å². The van der Waals surface area contributed by atoms with Gasteiger partial charge in [-0.1, -0.05) is 54.9 Å². The molecular weight excluding hydrogens is 1220 g/mol. The van der Waals surface area contributed by atoms with Crippen LogP contribution in [0, 0.1) is 11.3 Å². The average Bonchev–Trinajstić information content (AvgIpc) is 0.876. The summed E-state index contributed by atoms with van der Waals surface area (Å²) < 4.78 is 46.2. The third-order valence-electron chi connectivity index (χ3n) is 17.5. The van der Waals surface area contributed by atoms with Crippen molar-refractivity contribution in [1.29, 1.82) is 5.26 Å². The number of ether oxygens (including phenoxy) is 8. The maximum atomic E-state index is 13.7. The van der Waals surface area contributed by atoms with Gasteiger partial charge < -0.3 is 83.5 Å². The summed E-state index contributed by atoms with van der Waals surface area (Å²) in [6.07, 6.45) is 14.7. The van der Waals surface area contributed by atoms with Crippen molar-refractivity contribution in [2.75, 3.05) is 186 Å². The second-order valence-corrected chi connectivity index (χ2v) is 24.4. The minimum absolute atomic E-state index is 0. The molecule has 7 heterocycles. The van der Waals surface area contributed by atoms with Crippen LogP contribution in [0.15, 0.2) is 79.1 Å². The van der Waals surface area contributed by atoms with Crippen molar-refractivity contribution in [3.8, 4) is 18.0 Å². The van der Waals surface area contributed by atoms with E-state index in [-0.39, 0.29) is 32.4 Å². The second-order valence-electron chi connectivity index (χ2n) is 24.0. The number of aliphatic hydroxyl groups is 1. The lowest BCUT2D eigenvalue weighted by Gasteiger charge is -2.42. The van der Waals surface area contributed by atoms with E-state index in [0.717, 1.165) is 114 Å². The van der Waals surface area contributed by atoms with Crippen LogP contribution in [0.3, 0.4) is 0 Å². The largest absolute Gasteiger partial charge is 0.475 e. The SMILES string of the molecule is CC/C(=C/N)c1nc(NCc2ccc(OCCOCCOCCOCCOCCOCCOCCN(C)C/C=C/C(=O)N3CCN(c4nc(OCC5CCCN5C)nc5c4CCN(c4cccc6cccc(Cl)c46)C5)CC3CC#N)nc2)cc(N2CCCCC2CCO)n1.[HH]. The molecular formula is C69H99ClN14O10. The second kappa shape index (κ2) is 38.5. The van der Waals surface area contributed by atoms with Crippen LogP contribution in [0.25, 0.3) is 16.3 Å². The molecule has 94 heavy (non-hydrogen) atoms. The number of amides is 1. The number of nitrogens with two attached hydrogens (primary N) is 1. The van der Waals surface area contributed by atoms with Gasteiger partial charge in [-0.05, 0) is 95.1 Å². The van der Waals surface area contributed by atoms with Crippen LogP contribution >= 0.6 is 11.6 Å². The molecule has 4 aliphatic heterocycles. The molecule has 5 aromatic rings. The van der Waals surface area contributed by atoms with E-state index in [1.165, 1.54) is 0 Å². The molecule has 0 aliphatic carbocycles. The molecule has 0 spiro atoms. The molecule has 0 saturated carbocycles. The number of carbonyl (C=O) groups is 1. The van der Waals surface area contributed by atoms with E-state index in [4.69, 9.17) is 75.2 Å². The number of anilines is 4. The maximum Gasteiger partial charge on any atom is 0.318 e. The molecule has 3 atom stereocenters. The fourth-order valence-electron chi connectivity index (χ4n) is 12.3. The smallest absolute Gasteiger partial charge is 0.318 e. The van der Waals surface area contributed by atoms with E-state index >= 15 is 0 Å². The number of fused-ring (bicyclic) bond motifs is 2. The van der Waals surface area contributed by atoms with Crippen molar-refractivity contribution in [2.45, 2.75) is 95.9 Å². The minimum atomic E-state index is -0.318. The van der Waals surface area contributed by atoms with Gasteiger partial charge in [-0.3, -0.25) is 4.79 Å². The molecule has 3 fully saturated rings. The number of nitriles is 1. The number of nitrogens with zero attached hydrogens (tertiary/aromatic N) is 12. The number of hydrogen-bond acceptors (Lipinski definition) is 23. The summed E-state index contributed by atoms with van der Waals surface area (Å²) >= 11 is 6.80. The molecule has 4 aliphatic rings. The van der Waals surface area contributed by atoms with Crippen molar-refractivity contribution >= 4 is 57.0 Å². The van der Waals surface area contributed by atoms with Crippen molar-refractivity contribution in [2.24, 2.45) is 5.73 Å². The van der Waals surface area contributed by atoms with Gasteiger partial charge in [0.05, 0.1) is 115 Å². The first-order chi connectivity index (χ1) is 46.1. The van der Waals surface area contributed by atoms with Gasteiger partial charge >= 0.3 is 6.01 Å². The Morgan fingerprint density at radius 2 is 1.54 bits per heavy atom. The highest BCUT2D eigenvalue weighted by Crippen LogP contribution is 2.38. The number of benzene rings is 2. The number of hydrogen-bond donors (Lipinski definition) is 3. The summed E-state index contributed by atoms with van der Waals surface area (Å²) in [6, 6.07) is 21.0. The van der Waals surface area contributed by atoms with E-state index in [1.807, 2.05) is 55.3 Å². The predicted molar refractivity (Wildman–Crippen MR) is 367 cm³/mol. The molecule has 25 heteroatoms. The molecule has 3 aromatic heterocycles. The summed E-state index contributed by atoms with van der Waals surface area (Å²) in [7, 11) is 4.12. The Labute approximate surface area is 560 Å². The topological polar surface area (TPSA) is 257 Å². The Morgan fingerprint density at radius 3 is 2.22 bits per heavy atom. The highest BCUT2D eigenvalue weighted by molar-refractivity contribution is 6.36. The lowest BCUT2D eigenvalue weighted by Crippen LogP contribution is -2.55. The first-order valence-corrected chi connectivity index (χ1v) is 33.9. The fourth-order valence-corrected chi connectivity index (χ4v) is 12.6. The highest BCUT2D eigenvalue weighted by atomic mass is 35.5. The number of likely N-dealkylation sites (tertiary alicyclic amines) is 1. The number of rotatable bonds is 39. The van der Waals surface area contributed by atoms with Crippen LogP contribution < -0.4 is 35.2 Å². The normalized spacial score (nSPS) is 18.0. The zero-order valence-electron chi connectivity index (χ0n) is 55.2. The Morgan fingerprint density at radius 1 is 0.819 bits per heavy atom. The molecule has 2 aromatic carbocycles.